The van der Waals surface area contributed by atoms with Gasteiger partial charge in [-0.15, -0.1) is 0 Å². The highest BCUT2D eigenvalue weighted by Gasteiger charge is 2.20. The van der Waals surface area contributed by atoms with Crippen LogP contribution in [0.25, 0.3) is 0 Å². The molecule has 0 saturated carbocycles. The quantitative estimate of drug-likeness (QED) is 0.859. The fraction of sp³-hybridized carbons (Fsp3) is 0.538. The maximum atomic E-state index is 13.3. The first-order valence-corrected chi connectivity index (χ1v) is 5.99. The third-order valence-electron chi connectivity index (χ3n) is 3.02. The number of nitrogens with two attached hydrogens (primary N) is 1. The van der Waals surface area contributed by atoms with Crippen molar-refractivity contribution in [1.29, 1.82) is 0 Å². The summed E-state index contributed by atoms with van der Waals surface area (Å²) in [5, 5.41) is 0.230. The Morgan fingerprint density at radius 2 is 1.94 bits per heavy atom. The molecule has 0 heterocycles. The molecule has 0 aromatic heterocycles. The molecule has 0 fully saturated rings. The number of rotatable bonds is 4. The van der Waals surface area contributed by atoms with Gasteiger partial charge in [-0.3, -0.25) is 0 Å². The van der Waals surface area contributed by atoms with Gasteiger partial charge in [0.1, 0.15) is 5.82 Å². The van der Waals surface area contributed by atoms with E-state index in [1.165, 1.54) is 6.07 Å². The van der Waals surface area contributed by atoms with Crippen LogP contribution in [0, 0.1) is 17.7 Å². The predicted molar refractivity (Wildman–Crippen MR) is 67.1 cm³/mol. The maximum absolute atomic E-state index is 13.3. The molecule has 2 N–H and O–H groups in total. The van der Waals surface area contributed by atoms with Gasteiger partial charge >= 0.3 is 0 Å². The zero-order chi connectivity index (χ0) is 12.3. The largest absolute Gasteiger partial charge is 0.328 e. The molecule has 0 radical (unpaired) electrons. The number of halogens is 2. The molecule has 1 aromatic rings. The molecule has 16 heavy (non-hydrogen) atoms. The summed E-state index contributed by atoms with van der Waals surface area (Å²) in [7, 11) is 0. The summed E-state index contributed by atoms with van der Waals surface area (Å²) in [5.74, 6) is 0.421. The van der Waals surface area contributed by atoms with Crippen LogP contribution in [-0.4, -0.2) is 6.04 Å². The lowest BCUT2D eigenvalue weighted by Gasteiger charge is -2.25. The van der Waals surface area contributed by atoms with Crippen molar-refractivity contribution in [2.45, 2.75) is 33.2 Å². The predicted octanol–water partition coefficient (Wildman–Crippen LogP) is 3.64. The average Bonchev–Trinajstić information content (AvgIpc) is 2.19. The van der Waals surface area contributed by atoms with Crippen molar-refractivity contribution in [1.82, 2.24) is 0 Å². The Hall–Kier alpha value is -0.600. The van der Waals surface area contributed by atoms with Crippen molar-refractivity contribution >= 4 is 11.6 Å². The van der Waals surface area contributed by atoms with Crippen molar-refractivity contribution in [2.75, 3.05) is 0 Å². The van der Waals surface area contributed by atoms with Crippen LogP contribution < -0.4 is 5.73 Å². The Balaban J connectivity index is 2.90. The van der Waals surface area contributed by atoms with Crippen LogP contribution >= 0.6 is 11.6 Å². The summed E-state index contributed by atoms with van der Waals surface area (Å²) in [6.07, 6.45) is 0.728. The van der Waals surface area contributed by atoms with Crippen LogP contribution in [-0.2, 0) is 6.42 Å². The maximum Gasteiger partial charge on any atom is 0.142 e. The van der Waals surface area contributed by atoms with E-state index in [0.29, 0.717) is 11.8 Å². The van der Waals surface area contributed by atoms with E-state index in [1.54, 1.807) is 6.07 Å². The average molecular weight is 244 g/mol. The first-order valence-electron chi connectivity index (χ1n) is 5.62. The van der Waals surface area contributed by atoms with Crippen LogP contribution in [0.2, 0.25) is 5.02 Å². The molecule has 3 heteroatoms. The standard InChI is InChI=1S/C13H19ClFN/c1-8(2)11(9(3)16)7-10-5-4-6-12(15)13(10)14/h4-6,8-9,11H,7,16H2,1-3H3. The van der Waals surface area contributed by atoms with Gasteiger partial charge in [-0.05, 0) is 36.8 Å². The van der Waals surface area contributed by atoms with Crippen LogP contribution in [0.4, 0.5) is 4.39 Å². The van der Waals surface area contributed by atoms with Gasteiger partial charge in [-0.1, -0.05) is 37.6 Å². The van der Waals surface area contributed by atoms with Crippen LogP contribution in [0.3, 0.4) is 0 Å². The lowest BCUT2D eigenvalue weighted by atomic mass is 9.84. The summed E-state index contributed by atoms with van der Waals surface area (Å²) in [6.45, 7) is 6.24. The smallest absolute Gasteiger partial charge is 0.142 e. The van der Waals surface area contributed by atoms with Gasteiger partial charge in [-0.2, -0.15) is 0 Å². The zero-order valence-electron chi connectivity index (χ0n) is 10.0. The van der Waals surface area contributed by atoms with Gasteiger partial charge in [-0.25, -0.2) is 4.39 Å². The molecule has 0 aliphatic heterocycles. The van der Waals surface area contributed by atoms with Gasteiger partial charge in [0, 0.05) is 6.04 Å². The van der Waals surface area contributed by atoms with Crippen LogP contribution in [0.5, 0.6) is 0 Å². The molecule has 0 bridgehead atoms. The topological polar surface area (TPSA) is 26.0 Å². The molecule has 2 atom stereocenters. The fourth-order valence-electron chi connectivity index (χ4n) is 1.99. The highest BCUT2D eigenvalue weighted by atomic mass is 35.5. The van der Waals surface area contributed by atoms with Gasteiger partial charge in [0.15, 0.2) is 0 Å². The molecule has 0 saturated heterocycles. The first-order chi connectivity index (χ1) is 7.43. The van der Waals surface area contributed by atoms with E-state index in [9.17, 15) is 4.39 Å². The Morgan fingerprint density at radius 1 is 1.31 bits per heavy atom. The van der Waals surface area contributed by atoms with Crippen molar-refractivity contribution in [2.24, 2.45) is 17.6 Å². The van der Waals surface area contributed by atoms with Crippen molar-refractivity contribution in [3.05, 3.63) is 34.6 Å². The third kappa shape index (κ3) is 3.19. The second-order valence-corrected chi connectivity index (χ2v) is 5.06. The molecule has 1 rings (SSSR count). The Labute approximate surface area is 102 Å². The summed E-state index contributed by atoms with van der Waals surface area (Å²) in [6, 6.07) is 5.01. The summed E-state index contributed by atoms with van der Waals surface area (Å²) < 4.78 is 13.3. The van der Waals surface area contributed by atoms with E-state index in [-0.39, 0.29) is 16.9 Å². The molecule has 1 aromatic carbocycles. The lowest BCUT2D eigenvalue weighted by molar-refractivity contribution is 0.329. The highest BCUT2D eigenvalue weighted by molar-refractivity contribution is 6.31. The molecule has 90 valence electrons. The summed E-state index contributed by atoms with van der Waals surface area (Å²) >= 11 is 5.93. The Bertz CT molecular complexity index is 342. The monoisotopic (exact) mass is 243 g/mol. The Kier molecular flexibility index (Phi) is 4.75. The normalized spacial score (nSPS) is 15.2. The van der Waals surface area contributed by atoms with Gasteiger partial charge in [0.2, 0.25) is 0 Å². The fourth-order valence-corrected chi connectivity index (χ4v) is 2.19. The minimum absolute atomic E-state index is 0.0827. The molecular weight excluding hydrogens is 225 g/mol. The molecule has 2 unspecified atom stereocenters. The number of benzene rings is 1. The second kappa shape index (κ2) is 5.65. The van der Waals surface area contributed by atoms with E-state index in [2.05, 4.69) is 13.8 Å². The molecule has 1 nitrogen and oxygen atoms in total. The number of hydrogen-bond acceptors (Lipinski definition) is 1. The lowest BCUT2D eigenvalue weighted by Crippen LogP contribution is -2.32. The van der Waals surface area contributed by atoms with Crippen LogP contribution in [0.15, 0.2) is 18.2 Å². The van der Waals surface area contributed by atoms with E-state index in [0.717, 1.165) is 12.0 Å². The van der Waals surface area contributed by atoms with Crippen LogP contribution in [0.1, 0.15) is 26.3 Å². The van der Waals surface area contributed by atoms with Crippen molar-refractivity contribution in [3.63, 3.8) is 0 Å². The molecular formula is C13H19ClFN. The van der Waals surface area contributed by atoms with Crippen molar-refractivity contribution in [3.8, 4) is 0 Å². The number of hydrogen-bond donors (Lipinski definition) is 1. The minimum Gasteiger partial charge on any atom is -0.328 e. The van der Waals surface area contributed by atoms with Gasteiger partial charge in [0.25, 0.3) is 0 Å². The minimum atomic E-state index is -0.355. The first kappa shape index (κ1) is 13.5. The van der Waals surface area contributed by atoms with Gasteiger partial charge in [0.05, 0.1) is 5.02 Å². The molecule has 0 aliphatic carbocycles. The van der Waals surface area contributed by atoms with Gasteiger partial charge < -0.3 is 5.73 Å². The Morgan fingerprint density at radius 3 is 2.44 bits per heavy atom. The summed E-state index contributed by atoms with van der Waals surface area (Å²) in [5.41, 5.74) is 6.78. The van der Waals surface area contributed by atoms with Crippen molar-refractivity contribution < 1.29 is 4.39 Å². The van der Waals surface area contributed by atoms with E-state index in [1.807, 2.05) is 13.0 Å². The molecule has 0 amide bonds. The third-order valence-corrected chi connectivity index (χ3v) is 3.44. The second-order valence-electron chi connectivity index (χ2n) is 4.68. The SMILES string of the molecule is CC(C)C(Cc1cccc(F)c1Cl)C(C)N. The zero-order valence-corrected chi connectivity index (χ0v) is 10.8. The van der Waals surface area contributed by atoms with E-state index < -0.39 is 0 Å². The summed E-state index contributed by atoms with van der Waals surface area (Å²) in [4.78, 5) is 0. The highest BCUT2D eigenvalue weighted by Crippen LogP contribution is 2.26. The molecule has 0 aliphatic rings. The molecule has 0 spiro atoms. The van der Waals surface area contributed by atoms with E-state index >= 15 is 0 Å². The van der Waals surface area contributed by atoms with E-state index in [4.69, 9.17) is 17.3 Å².